The molecule has 0 aliphatic carbocycles. The molecule has 4 aromatic rings. The Hall–Kier alpha value is -3.64. The molecule has 0 saturated heterocycles. The third-order valence-electron chi connectivity index (χ3n) is 4.98. The summed E-state index contributed by atoms with van der Waals surface area (Å²) >= 11 is 0. The molecule has 2 heterocycles. The van der Waals surface area contributed by atoms with Crippen LogP contribution in [0.3, 0.4) is 0 Å². The van der Waals surface area contributed by atoms with Gasteiger partial charge in [-0.3, -0.25) is 9.48 Å². The number of nitrogens with one attached hydrogen (secondary N) is 1. The first-order valence-electron chi connectivity index (χ1n) is 10.2. The van der Waals surface area contributed by atoms with E-state index in [2.05, 4.69) is 59.7 Å². The smallest absolute Gasteiger partial charge is 0.287 e. The van der Waals surface area contributed by atoms with Crippen LogP contribution in [0, 0.1) is 0 Å². The number of carbonyl (C=O) groups is 1. The van der Waals surface area contributed by atoms with Gasteiger partial charge in [-0.15, -0.1) is 0 Å². The molecule has 0 fully saturated rings. The fourth-order valence-corrected chi connectivity index (χ4v) is 3.51. The zero-order chi connectivity index (χ0) is 21.6. The van der Waals surface area contributed by atoms with E-state index >= 15 is 0 Å². The van der Waals surface area contributed by atoms with Crippen molar-refractivity contribution in [1.29, 1.82) is 0 Å². The molecule has 0 spiro atoms. The normalized spacial score (nSPS) is 11.1. The quantitative estimate of drug-likeness (QED) is 0.470. The summed E-state index contributed by atoms with van der Waals surface area (Å²) in [7, 11) is 4.12. The fourth-order valence-electron chi connectivity index (χ4n) is 3.51. The SMILES string of the molecule is CN(C)Cc1ccc(-c2ccccc2CNC(=O)c2ccc(Cn3cccn3)o2)cc1. The maximum Gasteiger partial charge on any atom is 0.287 e. The number of hydrogen-bond donors (Lipinski definition) is 1. The second-order valence-electron chi connectivity index (χ2n) is 7.74. The summed E-state index contributed by atoms with van der Waals surface area (Å²) in [5.41, 5.74) is 4.56. The summed E-state index contributed by atoms with van der Waals surface area (Å²) < 4.78 is 7.44. The van der Waals surface area contributed by atoms with E-state index in [-0.39, 0.29) is 5.91 Å². The number of aromatic nitrogens is 2. The van der Waals surface area contributed by atoms with Gasteiger partial charge >= 0.3 is 0 Å². The first kappa shape index (κ1) is 20.6. The van der Waals surface area contributed by atoms with Gasteiger partial charge in [0.1, 0.15) is 5.76 Å². The van der Waals surface area contributed by atoms with Crippen molar-refractivity contribution in [3.63, 3.8) is 0 Å². The summed E-state index contributed by atoms with van der Waals surface area (Å²) in [6.07, 6.45) is 3.57. The van der Waals surface area contributed by atoms with E-state index in [1.165, 1.54) is 5.56 Å². The summed E-state index contributed by atoms with van der Waals surface area (Å²) in [6, 6.07) is 22.0. The Kier molecular flexibility index (Phi) is 6.29. The van der Waals surface area contributed by atoms with E-state index in [1.54, 1.807) is 23.0 Å². The predicted molar refractivity (Wildman–Crippen MR) is 120 cm³/mol. The number of amides is 1. The Labute approximate surface area is 182 Å². The molecule has 1 N–H and O–H groups in total. The molecule has 0 saturated carbocycles. The van der Waals surface area contributed by atoms with Crippen molar-refractivity contribution in [1.82, 2.24) is 20.0 Å². The molecular formula is C25H26N4O2. The van der Waals surface area contributed by atoms with E-state index in [0.29, 0.717) is 24.6 Å². The zero-order valence-corrected chi connectivity index (χ0v) is 17.8. The highest BCUT2D eigenvalue weighted by molar-refractivity contribution is 5.91. The number of rotatable bonds is 8. The zero-order valence-electron chi connectivity index (χ0n) is 17.8. The van der Waals surface area contributed by atoms with Gasteiger partial charge in [0.15, 0.2) is 5.76 Å². The van der Waals surface area contributed by atoms with E-state index in [9.17, 15) is 4.79 Å². The van der Waals surface area contributed by atoms with Crippen LogP contribution in [-0.4, -0.2) is 34.7 Å². The lowest BCUT2D eigenvalue weighted by Crippen LogP contribution is -2.22. The number of hydrogen-bond acceptors (Lipinski definition) is 4. The van der Waals surface area contributed by atoms with E-state index in [0.717, 1.165) is 23.2 Å². The number of nitrogens with zero attached hydrogens (tertiary/aromatic N) is 3. The lowest BCUT2D eigenvalue weighted by Gasteiger charge is -2.13. The van der Waals surface area contributed by atoms with Crippen molar-refractivity contribution in [2.24, 2.45) is 0 Å². The summed E-state index contributed by atoms with van der Waals surface area (Å²) in [6.45, 7) is 1.82. The van der Waals surface area contributed by atoms with Gasteiger partial charge in [0, 0.05) is 25.5 Å². The second-order valence-corrected chi connectivity index (χ2v) is 7.74. The molecule has 31 heavy (non-hydrogen) atoms. The number of furan rings is 1. The van der Waals surface area contributed by atoms with Crippen LogP contribution >= 0.6 is 0 Å². The van der Waals surface area contributed by atoms with E-state index in [4.69, 9.17) is 4.42 Å². The summed E-state index contributed by atoms with van der Waals surface area (Å²) in [5.74, 6) is 0.752. The highest BCUT2D eigenvalue weighted by Crippen LogP contribution is 2.24. The lowest BCUT2D eigenvalue weighted by molar-refractivity contribution is 0.0921. The summed E-state index contributed by atoms with van der Waals surface area (Å²) in [4.78, 5) is 14.7. The van der Waals surface area contributed by atoms with E-state index in [1.807, 2.05) is 30.5 Å². The first-order valence-corrected chi connectivity index (χ1v) is 10.2. The van der Waals surface area contributed by atoms with Crippen LogP contribution in [0.25, 0.3) is 11.1 Å². The van der Waals surface area contributed by atoms with Gasteiger partial charge in [0.25, 0.3) is 5.91 Å². The van der Waals surface area contributed by atoms with Gasteiger partial charge in [-0.2, -0.15) is 5.10 Å². The van der Waals surface area contributed by atoms with Gasteiger partial charge in [0.2, 0.25) is 0 Å². The van der Waals surface area contributed by atoms with E-state index < -0.39 is 0 Å². The molecule has 2 aromatic heterocycles. The van der Waals surface area contributed by atoms with Crippen molar-refractivity contribution < 1.29 is 9.21 Å². The molecule has 2 aromatic carbocycles. The van der Waals surface area contributed by atoms with Gasteiger partial charge in [-0.05, 0) is 54.5 Å². The first-order chi connectivity index (χ1) is 15.1. The topological polar surface area (TPSA) is 63.3 Å². The Bertz CT molecular complexity index is 1130. The Balaban J connectivity index is 1.42. The average Bonchev–Trinajstić information content (AvgIpc) is 3.45. The lowest BCUT2D eigenvalue weighted by atomic mass is 9.98. The van der Waals surface area contributed by atoms with Crippen LogP contribution in [0.2, 0.25) is 0 Å². The van der Waals surface area contributed by atoms with Crippen LogP contribution in [-0.2, 0) is 19.6 Å². The molecule has 158 valence electrons. The van der Waals surface area contributed by atoms with Crippen molar-refractivity contribution in [2.45, 2.75) is 19.6 Å². The molecule has 4 rings (SSSR count). The molecule has 6 heteroatoms. The molecule has 1 amide bonds. The Morgan fingerprint density at radius 2 is 1.84 bits per heavy atom. The van der Waals surface area contributed by atoms with Crippen LogP contribution in [0.1, 0.15) is 27.4 Å². The molecule has 0 atom stereocenters. The van der Waals surface area contributed by atoms with Crippen LogP contribution in [0.4, 0.5) is 0 Å². The molecule has 0 radical (unpaired) electrons. The molecule has 6 nitrogen and oxygen atoms in total. The molecular weight excluding hydrogens is 388 g/mol. The average molecular weight is 415 g/mol. The second kappa shape index (κ2) is 9.45. The maximum absolute atomic E-state index is 12.6. The van der Waals surface area contributed by atoms with Gasteiger partial charge in [-0.1, -0.05) is 48.5 Å². The van der Waals surface area contributed by atoms with Crippen LogP contribution in [0.15, 0.2) is 83.5 Å². The van der Waals surface area contributed by atoms with Crippen molar-refractivity contribution >= 4 is 5.91 Å². The van der Waals surface area contributed by atoms with Gasteiger partial charge in [0.05, 0.1) is 6.54 Å². The fraction of sp³-hybridized carbons (Fsp3) is 0.200. The third kappa shape index (κ3) is 5.29. The minimum Gasteiger partial charge on any atom is -0.454 e. The molecule has 0 bridgehead atoms. The summed E-state index contributed by atoms with van der Waals surface area (Å²) in [5, 5.41) is 7.13. The molecule has 0 aliphatic rings. The highest BCUT2D eigenvalue weighted by Gasteiger charge is 2.13. The number of benzene rings is 2. The minimum absolute atomic E-state index is 0.233. The van der Waals surface area contributed by atoms with Crippen molar-refractivity contribution in [3.05, 3.63) is 102 Å². The molecule has 0 aliphatic heterocycles. The highest BCUT2D eigenvalue weighted by atomic mass is 16.4. The van der Waals surface area contributed by atoms with Crippen molar-refractivity contribution in [2.75, 3.05) is 14.1 Å². The van der Waals surface area contributed by atoms with Crippen molar-refractivity contribution in [3.8, 4) is 11.1 Å². The van der Waals surface area contributed by atoms with Crippen LogP contribution < -0.4 is 5.32 Å². The largest absolute Gasteiger partial charge is 0.454 e. The number of carbonyl (C=O) groups excluding carboxylic acids is 1. The predicted octanol–water partition coefficient (Wildman–Crippen LogP) is 4.18. The standard InChI is InChI=1S/C25H26N4O2/c1-28(2)17-19-8-10-20(11-9-19)23-7-4-3-6-21(23)16-26-25(30)24-13-12-22(31-24)18-29-15-5-14-27-29/h3-15H,16-18H2,1-2H3,(H,26,30). The molecule has 0 unspecified atom stereocenters. The van der Waals surface area contributed by atoms with Gasteiger partial charge in [-0.25, -0.2) is 0 Å². The third-order valence-corrected chi connectivity index (χ3v) is 4.98. The Morgan fingerprint density at radius 3 is 2.58 bits per heavy atom. The van der Waals surface area contributed by atoms with Crippen LogP contribution in [0.5, 0.6) is 0 Å². The Morgan fingerprint density at radius 1 is 1.03 bits per heavy atom. The minimum atomic E-state index is -0.233. The maximum atomic E-state index is 12.6. The van der Waals surface area contributed by atoms with Gasteiger partial charge < -0.3 is 14.6 Å². The monoisotopic (exact) mass is 414 g/mol.